The number of rotatable bonds is 32. The summed E-state index contributed by atoms with van der Waals surface area (Å²) >= 11 is 0. The molecule has 9 atom stereocenters. The third kappa shape index (κ3) is 25.8. The molecule has 7 rings (SSSR count). The lowest BCUT2D eigenvalue weighted by Crippen LogP contribution is -2.61. The number of nitrogens with zero attached hydrogens (tertiary/aromatic N) is 3. The predicted octanol–water partition coefficient (Wildman–Crippen LogP) is -1.87. The number of nitrogens with one attached hydrogen (secondary N) is 14. The van der Waals surface area contributed by atoms with Gasteiger partial charge in [0.1, 0.15) is 60.1 Å². The van der Waals surface area contributed by atoms with E-state index in [0.29, 0.717) is 48.0 Å². The van der Waals surface area contributed by atoms with Gasteiger partial charge in [-0.3, -0.25) is 67.9 Å². The lowest BCUT2D eigenvalue weighted by atomic mass is 9.98. The monoisotopic (exact) mass is 1400 g/mol. The number of carboxylic acid groups (broad SMARTS) is 1. The maximum atomic E-state index is 14.7. The molecular formula is C65H91FN18O16. The maximum Gasteiger partial charge on any atom is 0.356 e. The van der Waals surface area contributed by atoms with E-state index in [1.807, 2.05) is 19.9 Å². The van der Waals surface area contributed by atoms with Crippen molar-refractivity contribution >= 4 is 81.9 Å². The van der Waals surface area contributed by atoms with Crippen LogP contribution in [0.25, 0.3) is 10.9 Å². The highest BCUT2D eigenvalue weighted by Crippen LogP contribution is 2.22. The second kappa shape index (κ2) is 39.4. The number of aliphatic carboxylic acids is 1. The number of H-pyrrole nitrogens is 3. The number of likely N-dealkylation sites (N-methyl/N-ethyl adjacent to an activating group) is 1. The molecule has 19 N–H and O–H groups in total. The summed E-state index contributed by atoms with van der Waals surface area (Å²) in [6.07, 6.45) is 6.56. The third-order valence-electron chi connectivity index (χ3n) is 15.7. The minimum Gasteiger partial charge on any atom is -0.508 e. The molecule has 35 heteroatoms. The summed E-state index contributed by atoms with van der Waals surface area (Å²) in [4.78, 5) is 182. The van der Waals surface area contributed by atoms with E-state index in [1.165, 1.54) is 41.7 Å². The Morgan fingerprint density at radius 3 is 1.81 bits per heavy atom. The van der Waals surface area contributed by atoms with E-state index < -0.39 is 125 Å². The number of imidazole rings is 1. The van der Waals surface area contributed by atoms with Gasteiger partial charge in [-0.1, -0.05) is 62.5 Å². The van der Waals surface area contributed by atoms with Crippen LogP contribution in [0.1, 0.15) is 110 Å². The molecular weight excluding hydrogens is 1310 g/mol. The van der Waals surface area contributed by atoms with Crippen molar-refractivity contribution in [1.29, 1.82) is 5.41 Å². The van der Waals surface area contributed by atoms with Gasteiger partial charge in [-0.25, -0.2) is 9.78 Å². The number of carbonyl (C=O) groups excluding carboxylic acids is 10. The summed E-state index contributed by atoms with van der Waals surface area (Å²) in [5, 5.41) is 63.5. The van der Waals surface area contributed by atoms with Crippen LogP contribution in [0.2, 0.25) is 0 Å². The molecule has 3 aromatic heterocycles. The van der Waals surface area contributed by atoms with Crippen LogP contribution in [0.4, 0.5) is 4.48 Å². The molecule has 0 radical (unpaired) electrons. The quantitative estimate of drug-likeness (QED) is 0.0127. The van der Waals surface area contributed by atoms with E-state index >= 15 is 0 Å². The Morgan fingerprint density at radius 1 is 0.710 bits per heavy atom. The Bertz CT molecular complexity index is 3740. The lowest BCUT2D eigenvalue weighted by Gasteiger charge is -2.31. The molecule has 5 heterocycles. The molecule has 100 heavy (non-hydrogen) atoms. The number of benzene rings is 2. The number of guanidine groups is 1. The highest BCUT2D eigenvalue weighted by molar-refractivity contribution is 5.99. The molecule has 10 amide bonds. The van der Waals surface area contributed by atoms with Crippen LogP contribution in [-0.2, 0) is 72.0 Å². The molecule has 544 valence electrons. The highest BCUT2D eigenvalue weighted by atomic mass is 19.2. The van der Waals surface area contributed by atoms with Crippen molar-refractivity contribution in [2.24, 2.45) is 17.6 Å². The SMILES string of the molecule is CC(=O)O.CCNC(=O)[C@@H]1CCCN1C(=O)[C@H](CCCNC(=N)N)NC(=O)[C@H](CC(C)C)NC(=O)[C@@H](CC(C)C)NC(=O)[C@H](Cc1ccc(O)cc1)NC(=O)[C@H](CO)NC(=O)[C@H](Cc1c[nH]c2ccccc12)NC(=O)[C@H](Cc1cnc[nH]1)NC(=O)[C@@H]1CCC(=O)N1.O=c1ccn(F)c(=O)[nH]1. The van der Waals surface area contributed by atoms with Crippen LogP contribution in [0.5, 0.6) is 5.75 Å². The molecule has 5 aromatic rings. The molecule has 2 aliphatic rings. The first-order valence-corrected chi connectivity index (χ1v) is 32.6. The number of aromatic hydroxyl groups is 1. The van der Waals surface area contributed by atoms with Gasteiger partial charge in [0.25, 0.3) is 11.5 Å². The summed E-state index contributed by atoms with van der Waals surface area (Å²) in [7, 11) is 0. The Kier molecular flexibility index (Phi) is 31.4. The minimum absolute atomic E-state index is 0.0380. The Labute approximate surface area is 573 Å². The van der Waals surface area contributed by atoms with Crippen molar-refractivity contribution in [2.45, 2.75) is 167 Å². The number of phenolic OH excluding ortho intramolecular Hbond substituents is 1. The zero-order valence-corrected chi connectivity index (χ0v) is 56.4. The van der Waals surface area contributed by atoms with Gasteiger partial charge in [0.15, 0.2) is 5.96 Å². The summed E-state index contributed by atoms with van der Waals surface area (Å²) in [5.41, 5.74) is 6.04. The topological polar surface area (TPSA) is 521 Å². The molecule has 2 fully saturated rings. The highest BCUT2D eigenvalue weighted by Gasteiger charge is 2.40. The molecule has 0 unspecified atom stereocenters. The maximum absolute atomic E-state index is 14.7. The summed E-state index contributed by atoms with van der Waals surface area (Å²) in [5.74, 6) is -8.53. The zero-order valence-electron chi connectivity index (χ0n) is 56.4. The Balaban J connectivity index is 0.00000125. The Hall–Kier alpha value is -11.0. The van der Waals surface area contributed by atoms with Crippen molar-refractivity contribution < 1.29 is 72.5 Å². The second-order valence-corrected chi connectivity index (χ2v) is 24.8. The number of aromatic amines is 3. The smallest absolute Gasteiger partial charge is 0.356 e. The van der Waals surface area contributed by atoms with Crippen molar-refractivity contribution in [3.63, 3.8) is 0 Å². The largest absolute Gasteiger partial charge is 0.508 e. The number of para-hydroxylation sites is 1. The van der Waals surface area contributed by atoms with Crippen LogP contribution >= 0.6 is 0 Å². The fraction of sp³-hybridized carbons (Fsp3) is 0.492. The first-order valence-electron chi connectivity index (χ1n) is 32.6. The fourth-order valence-corrected chi connectivity index (χ4v) is 10.9. The third-order valence-corrected chi connectivity index (χ3v) is 15.7. The van der Waals surface area contributed by atoms with E-state index in [2.05, 4.69) is 68.1 Å². The van der Waals surface area contributed by atoms with Crippen LogP contribution in [0.15, 0.2) is 89.1 Å². The minimum atomic E-state index is -1.75. The summed E-state index contributed by atoms with van der Waals surface area (Å²) < 4.78 is 11.9. The van der Waals surface area contributed by atoms with Gasteiger partial charge in [0.05, 0.1) is 12.9 Å². The molecule has 2 saturated heterocycles. The van der Waals surface area contributed by atoms with E-state index in [1.54, 1.807) is 50.2 Å². The number of carbonyl (C=O) groups is 11. The van der Waals surface area contributed by atoms with Crippen LogP contribution in [-0.4, -0.2) is 197 Å². The molecule has 34 nitrogen and oxygen atoms in total. The van der Waals surface area contributed by atoms with Crippen LogP contribution < -0.4 is 70.2 Å². The normalized spacial score (nSPS) is 16.0. The first-order chi connectivity index (χ1) is 47.5. The zero-order chi connectivity index (χ0) is 73.8. The average molecular weight is 1400 g/mol. The van der Waals surface area contributed by atoms with E-state index in [9.17, 15) is 72.2 Å². The number of aromatic nitrogens is 5. The molecule has 2 aliphatic heterocycles. The number of hydrogen-bond acceptors (Lipinski definition) is 17. The summed E-state index contributed by atoms with van der Waals surface area (Å²) in [6.45, 7) is 9.96. The average Bonchev–Trinajstić information content (AvgIpc) is 1.62. The van der Waals surface area contributed by atoms with Gasteiger partial charge < -0.3 is 89.1 Å². The lowest BCUT2D eigenvalue weighted by molar-refractivity contribution is -0.142. The number of hydrogen-bond donors (Lipinski definition) is 18. The number of nitrogens with two attached hydrogens (primary N) is 1. The number of likely N-dealkylation sites (tertiary alicyclic amines) is 1. The van der Waals surface area contributed by atoms with Gasteiger partial charge in [0.2, 0.25) is 59.1 Å². The van der Waals surface area contributed by atoms with Crippen LogP contribution in [0.3, 0.4) is 0 Å². The number of amides is 10. The fourth-order valence-electron chi connectivity index (χ4n) is 10.9. The van der Waals surface area contributed by atoms with Gasteiger partial charge in [0, 0.05) is 93.5 Å². The number of halogens is 1. The van der Waals surface area contributed by atoms with Crippen molar-refractivity contribution in [2.75, 3.05) is 26.2 Å². The molecule has 0 aliphatic carbocycles. The molecule has 0 bridgehead atoms. The van der Waals surface area contributed by atoms with Crippen molar-refractivity contribution in [1.82, 2.24) is 82.8 Å². The van der Waals surface area contributed by atoms with Gasteiger partial charge >= 0.3 is 5.69 Å². The van der Waals surface area contributed by atoms with Gasteiger partial charge in [-0.05, 0) is 93.0 Å². The van der Waals surface area contributed by atoms with Crippen molar-refractivity contribution in [3.05, 3.63) is 117 Å². The van der Waals surface area contributed by atoms with Gasteiger partial charge in [-0.15, -0.1) is 4.79 Å². The van der Waals surface area contributed by atoms with Crippen molar-refractivity contribution in [3.8, 4) is 5.75 Å². The number of fused-ring (bicyclic) bond motifs is 1. The van der Waals surface area contributed by atoms with E-state index in [0.717, 1.165) is 24.7 Å². The van der Waals surface area contributed by atoms with E-state index in [4.69, 9.17) is 21.0 Å². The molecule has 2 aromatic carbocycles. The number of carboxylic acids is 1. The van der Waals surface area contributed by atoms with Gasteiger partial charge in [-0.2, -0.15) is 0 Å². The van der Waals surface area contributed by atoms with E-state index in [-0.39, 0.29) is 105 Å². The Morgan fingerprint density at radius 2 is 1.27 bits per heavy atom. The predicted molar refractivity (Wildman–Crippen MR) is 360 cm³/mol. The summed E-state index contributed by atoms with van der Waals surface area (Å²) in [6, 6.07) is 2.48. The first kappa shape index (κ1) is 79.7. The standard InChI is InChI=1S/C59H84N16O12.C4H3FN2O2.C2H4O2/c1-6-63-57(86)48-14-10-22-75(48)58(87)41(13-9-21-64-59(60)61)68-51(80)42(23-32(2)3)69-52(81)43(24-33(4)5)70-53(82)44(25-34-15-17-37(77)18-16-34)71-56(85)47(30-76)74-54(83)45(26-35-28-65-39-12-8-7-11-38(35)39)72-55(84)46(27-36-29-62-31-66-36)73-50(79)40-19-20-49(78)67-40;5-7-2-1-3(8)6-4(7)9;1-2(3)4/h7-8,11-12,15-18,28-29,31-33,40-48,65,76-77H,6,9-10,13-14,19-27,30H2,1-5H3,(H,62,66)(H,63,86)(H,67,78)(H,68,80)(H,69,81)(H,70,82)(H,71,85)(H,72,84)(H,73,79)(H,74,83)(H4,60,61,64);1-2H,(H,6,8,9);1H3,(H,3,4)/t40-,41-,42-,43+,44-,45-,46-,47-,48-;;/m0../s1. The molecule has 0 spiro atoms. The second-order valence-electron chi connectivity index (χ2n) is 24.8. The number of phenols is 1. The number of aliphatic hydroxyl groups excluding tert-OH is 1. The molecule has 0 saturated carbocycles. The van der Waals surface area contributed by atoms with Crippen LogP contribution in [0, 0.1) is 17.2 Å². The number of aliphatic hydroxyl groups is 1.